The number of carbonyl (C=O) groups excluding carboxylic acids is 3. The Morgan fingerprint density at radius 1 is 0.971 bits per heavy atom. The summed E-state index contributed by atoms with van der Waals surface area (Å²) in [6, 6.07) is 17.7. The second-order valence-electron chi connectivity index (χ2n) is 7.22. The minimum absolute atomic E-state index is 0. The van der Waals surface area contributed by atoms with Crippen LogP contribution >= 0.6 is 0 Å². The number of methoxy groups -OCH3 is 1. The van der Waals surface area contributed by atoms with Crippen molar-refractivity contribution in [3.05, 3.63) is 77.9 Å². The summed E-state index contributed by atoms with van der Waals surface area (Å²) in [6.07, 6.45) is 0.769. The quantitative estimate of drug-likeness (QED) is 0.449. The van der Waals surface area contributed by atoms with Crippen LogP contribution in [-0.4, -0.2) is 61.5 Å². The van der Waals surface area contributed by atoms with Gasteiger partial charge in [0.25, 0.3) is 5.91 Å². The maximum atomic E-state index is 13.5. The van der Waals surface area contributed by atoms with Crippen LogP contribution in [0.15, 0.2) is 66.7 Å². The highest BCUT2D eigenvalue weighted by Gasteiger charge is 2.52. The summed E-state index contributed by atoms with van der Waals surface area (Å²) in [5.41, 5.74) is 1.69. The van der Waals surface area contributed by atoms with Crippen LogP contribution in [0, 0.1) is 0 Å². The van der Waals surface area contributed by atoms with Crippen molar-refractivity contribution in [3.63, 3.8) is 0 Å². The van der Waals surface area contributed by atoms with E-state index in [2.05, 4.69) is 18.7 Å². The minimum atomic E-state index is -1.55. The van der Waals surface area contributed by atoms with E-state index in [1.165, 1.54) is 0 Å². The smallest absolute Gasteiger partial charge is 0.268 e. The number of hydrogen-bond donors (Lipinski definition) is 0. The Hall–Kier alpha value is -3.53. The zero-order chi connectivity index (χ0) is 24.4. The fourth-order valence-corrected chi connectivity index (χ4v) is 3.83. The maximum Gasteiger partial charge on any atom is 0.268 e. The monoisotopic (exact) mass is 470 g/mol. The molecule has 0 aromatic heterocycles. The summed E-state index contributed by atoms with van der Waals surface area (Å²) in [6.45, 7) is 7.76. The number of likely N-dealkylation sites (N-methyl/N-ethyl adjacent to an activating group) is 1. The van der Waals surface area contributed by atoms with Crippen molar-refractivity contribution in [1.29, 1.82) is 0 Å². The third-order valence-electron chi connectivity index (χ3n) is 5.50. The van der Waals surface area contributed by atoms with Crippen molar-refractivity contribution >= 4 is 23.5 Å². The fourth-order valence-electron chi connectivity index (χ4n) is 3.83. The number of carboxylic acids is 2. The normalized spacial score (nSPS) is 16.6. The van der Waals surface area contributed by atoms with Crippen molar-refractivity contribution in [3.8, 4) is 0 Å². The Morgan fingerprint density at radius 2 is 1.50 bits per heavy atom. The molecule has 0 aliphatic carbocycles. The summed E-state index contributed by atoms with van der Waals surface area (Å²) in [5, 5.41) is 18.8. The average Bonchev–Trinajstić information content (AvgIpc) is 3.07. The number of nitrogens with zero attached hydrogens (tertiary/aromatic N) is 2. The van der Waals surface area contributed by atoms with E-state index in [4.69, 9.17) is 4.74 Å². The molecule has 9 nitrogen and oxygen atoms in total. The molecule has 1 amide bonds. The zero-order valence-corrected chi connectivity index (χ0v) is 19.5. The molecule has 0 saturated carbocycles. The SMILES string of the molecule is CCN(CC)CCN1C(=O)C(OC)(c2ccccc2)c2ccccc21.O.O=C([O-])/C=C\C(=O)[O-]. The number of anilines is 1. The van der Waals surface area contributed by atoms with Crippen LogP contribution in [0.25, 0.3) is 0 Å². The number of amides is 1. The molecule has 2 aromatic rings. The van der Waals surface area contributed by atoms with Crippen molar-refractivity contribution < 1.29 is 34.8 Å². The van der Waals surface area contributed by atoms with Gasteiger partial charge in [0, 0.05) is 25.8 Å². The molecule has 1 aliphatic rings. The molecule has 1 heterocycles. The Kier molecular flexibility index (Phi) is 11.1. The summed E-state index contributed by atoms with van der Waals surface area (Å²) in [4.78, 5) is 36.5. The highest BCUT2D eigenvalue weighted by atomic mass is 16.5. The van der Waals surface area contributed by atoms with Gasteiger partial charge in [0.1, 0.15) is 0 Å². The molecule has 0 fully saturated rings. The number of carboxylic acid groups (broad SMARTS) is 2. The van der Waals surface area contributed by atoms with E-state index in [1.807, 2.05) is 59.5 Å². The molecule has 1 unspecified atom stereocenters. The lowest BCUT2D eigenvalue weighted by Crippen LogP contribution is -2.45. The predicted molar refractivity (Wildman–Crippen MR) is 124 cm³/mol. The van der Waals surface area contributed by atoms with Crippen molar-refractivity contribution in [1.82, 2.24) is 4.90 Å². The number of hydrogen-bond acceptors (Lipinski definition) is 7. The van der Waals surface area contributed by atoms with Crippen LogP contribution in [0.5, 0.6) is 0 Å². The van der Waals surface area contributed by atoms with Crippen LogP contribution in [0.3, 0.4) is 0 Å². The Bertz CT molecular complexity index is 974. The largest absolute Gasteiger partial charge is 0.545 e. The van der Waals surface area contributed by atoms with Crippen LogP contribution < -0.4 is 15.1 Å². The van der Waals surface area contributed by atoms with Crippen molar-refractivity contribution in [2.75, 3.05) is 38.2 Å². The highest BCUT2D eigenvalue weighted by molar-refractivity contribution is 6.09. The van der Waals surface area contributed by atoms with E-state index < -0.39 is 17.5 Å². The van der Waals surface area contributed by atoms with Crippen LogP contribution in [-0.2, 0) is 24.7 Å². The molecule has 1 aliphatic heterocycles. The van der Waals surface area contributed by atoms with Crippen LogP contribution in [0.4, 0.5) is 5.69 Å². The van der Waals surface area contributed by atoms with Crippen LogP contribution in [0.2, 0.25) is 0 Å². The lowest BCUT2D eigenvalue weighted by molar-refractivity contribution is -0.301. The number of ether oxygens (including phenoxy) is 1. The molecule has 0 bridgehead atoms. The van der Waals surface area contributed by atoms with Crippen molar-refractivity contribution in [2.45, 2.75) is 19.4 Å². The first-order valence-corrected chi connectivity index (χ1v) is 10.7. The summed E-state index contributed by atoms with van der Waals surface area (Å²) < 4.78 is 5.91. The number of aliphatic carboxylic acids is 2. The first-order valence-electron chi connectivity index (χ1n) is 10.7. The van der Waals surface area contributed by atoms with E-state index in [9.17, 15) is 24.6 Å². The van der Waals surface area contributed by atoms with Gasteiger partial charge in [0.2, 0.25) is 0 Å². The van der Waals surface area contributed by atoms with Gasteiger partial charge in [0.15, 0.2) is 5.60 Å². The number of benzene rings is 2. The summed E-state index contributed by atoms with van der Waals surface area (Å²) in [5.74, 6) is -3.10. The first kappa shape index (κ1) is 28.5. The van der Waals surface area contributed by atoms with E-state index in [1.54, 1.807) is 7.11 Å². The fraction of sp³-hybridized carbons (Fsp3) is 0.320. The lowest BCUT2D eigenvalue weighted by atomic mass is 9.87. The van der Waals surface area contributed by atoms with Gasteiger partial charge < -0.3 is 39.8 Å². The van der Waals surface area contributed by atoms with Gasteiger partial charge in [-0.3, -0.25) is 4.79 Å². The predicted octanol–water partition coefficient (Wildman–Crippen LogP) is -0.517. The van der Waals surface area contributed by atoms with Gasteiger partial charge in [0.05, 0.1) is 17.6 Å². The number of carbonyl (C=O) groups is 3. The van der Waals surface area contributed by atoms with Crippen LogP contribution in [0.1, 0.15) is 25.0 Å². The molecule has 0 radical (unpaired) electrons. The molecule has 2 N–H and O–H groups in total. The second-order valence-corrected chi connectivity index (χ2v) is 7.22. The molecule has 2 aromatic carbocycles. The number of para-hydroxylation sites is 1. The minimum Gasteiger partial charge on any atom is -0.545 e. The summed E-state index contributed by atoms with van der Waals surface area (Å²) in [7, 11) is 1.62. The van der Waals surface area contributed by atoms with Gasteiger partial charge in [-0.1, -0.05) is 62.4 Å². The van der Waals surface area contributed by atoms with Gasteiger partial charge in [-0.25, -0.2) is 0 Å². The standard InChI is InChI=1S/C21H26N2O2.C4H4O4.H2O/c1-4-22(5-2)15-16-23-19-14-10-9-13-18(19)21(25-3,20(23)24)17-11-7-6-8-12-17;5-3(6)1-2-4(7)8;/h6-14H,4-5,15-16H2,1-3H3;1-2H,(H,5,6)(H,7,8);1H2/p-2/b;2-1-;. The van der Waals surface area contributed by atoms with E-state index >= 15 is 0 Å². The van der Waals surface area contributed by atoms with E-state index in [0.29, 0.717) is 18.7 Å². The zero-order valence-electron chi connectivity index (χ0n) is 19.5. The Morgan fingerprint density at radius 3 is 2.00 bits per heavy atom. The molecular formula is C25H30N2O7-2. The number of rotatable bonds is 9. The average molecular weight is 471 g/mol. The van der Waals surface area contributed by atoms with Gasteiger partial charge in [-0.05, 0) is 36.9 Å². The molecule has 0 saturated heterocycles. The van der Waals surface area contributed by atoms with E-state index in [0.717, 1.165) is 36.4 Å². The van der Waals surface area contributed by atoms with Gasteiger partial charge in [-0.15, -0.1) is 0 Å². The highest BCUT2D eigenvalue weighted by Crippen LogP contribution is 2.46. The second kappa shape index (κ2) is 13.2. The number of fused-ring (bicyclic) bond motifs is 1. The molecule has 1 atom stereocenters. The topological polar surface area (TPSA) is 145 Å². The first-order chi connectivity index (χ1) is 15.8. The molecule has 0 spiro atoms. The summed E-state index contributed by atoms with van der Waals surface area (Å²) >= 11 is 0. The molecular weight excluding hydrogens is 440 g/mol. The van der Waals surface area contributed by atoms with Gasteiger partial charge in [-0.2, -0.15) is 0 Å². The van der Waals surface area contributed by atoms with Crippen molar-refractivity contribution in [2.24, 2.45) is 0 Å². The Labute approximate surface area is 199 Å². The molecule has 9 heteroatoms. The third-order valence-corrected chi connectivity index (χ3v) is 5.50. The molecule has 3 rings (SSSR count). The van der Waals surface area contributed by atoms with Gasteiger partial charge >= 0.3 is 0 Å². The van der Waals surface area contributed by atoms with E-state index in [-0.39, 0.29) is 11.4 Å². The lowest BCUT2D eigenvalue weighted by Gasteiger charge is -2.28. The maximum absolute atomic E-state index is 13.5. The molecule has 34 heavy (non-hydrogen) atoms. The Balaban J connectivity index is 0.000000556. The molecule has 184 valence electrons. The third kappa shape index (κ3) is 6.28.